The van der Waals surface area contributed by atoms with Gasteiger partial charge < -0.3 is 4.98 Å². The molecule has 3 nitrogen and oxygen atoms in total. The molecule has 0 spiro atoms. The van der Waals surface area contributed by atoms with Gasteiger partial charge in [-0.2, -0.15) is 0 Å². The average Bonchev–Trinajstić information content (AvgIpc) is 2.41. The molecule has 3 aromatic rings. The third-order valence-electron chi connectivity index (χ3n) is 3.20. The second-order valence-corrected chi connectivity index (χ2v) is 4.65. The van der Waals surface area contributed by atoms with Crippen molar-refractivity contribution in [1.29, 1.82) is 0 Å². The normalized spacial score (nSPS) is 10.8. The number of aromatic nitrogens is 2. The molecule has 0 bridgehead atoms. The van der Waals surface area contributed by atoms with E-state index in [1.165, 1.54) is 0 Å². The summed E-state index contributed by atoms with van der Waals surface area (Å²) >= 11 is 0. The molecule has 1 N–H and O–H groups in total. The Morgan fingerprint density at radius 1 is 1.05 bits per heavy atom. The van der Waals surface area contributed by atoms with Crippen molar-refractivity contribution in [3.05, 3.63) is 75.8 Å². The third-order valence-corrected chi connectivity index (χ3v) is 3.20. The minimum atomic E-state index is -0.0698. The van der Waals surface area contributed by atoms with E-state index in [9.17, 15) is 4.79 Å². The van der Waals surface area contributed by atoms with E-state index in [0.29, 0.717) is 17.6 Å². The molecule has 2 aromatic carbocycles. The molecule has 3 rings (SSSR count). The van der Waals surface area contributed by atoms with Crippen LogP contribution in [0, 0.1) is 6.92 Å². The van der Waals surface area contributed by atoms with Crippen LogP contribution < -0.4 is 5.56 Å². The first kappa shape index (κ1) is 11.7. The summed E-state index contributed by atoms with van der Waals surface area (Å²) in [6.07, 6.45) is 0.639. The van der Waals surface area contributed by atoms with Crippen molar-refractivity contribution >= 4 is 10.9 Å². The van der Waals surface area contributed by atoms with Crippen LogP contribution in [-0.4, -0.2) is 9.97 Å². The molecule has 0 fully saturated rings. The number of nitrogens with one attached hydrogen (secondary N) is 1. The summed E-state index contributed by atoms with van der Waals surface area (Å²) in [5.41, 5.74) is 2.88. The summed E-state index contributed by atoms with van der Waals surface area (Å²) in [5, 5.41) is 0.650. The molecule has 0 radical (unpaired) electrons. The van der Waals surface area contributed by atoms with E-state index in [2.05, 4.69) is 9.97 Å². The van der Waals surface area contributed by atoms with E-state index in [1.54, 1.807) is 6.07 Å². The van der Waals surface area contributed by atoms with Crippen LogP contribution in [-0.2, 0) is 6.42 Å². The molecular weight excluding hydrogens is 236 g/mol. The van der Waals surface area contributed by atoms with Gasteiger partial charge in [0.2, 0.25) is 0 Å². The van der Waals surface area contributed by atoms with Crippen molar-refractivity contribution in [3.8, 4) is 0 Å². The molecule has 19 heavy (non-hydrogen) atoms. The van der Waals surface area contributed by atoms with Crippen LogP contribution in [0.2, 0.25) is 0 Å². The van der Waals surface area contributed by atoms with Gasteiger partial charge in [-0.3, -0.25) is 4.79 Å². The summed E-state index contributed by atoms with van der Waals surface area (Å²) < 4.78 is 0. The van der Waals surface area contributed by atoms with Gasteiger partial charge >= 0.3 is 0 Å². The first-order chi connectivity index (χ1) is 9.24. The second kappa shape index (κ2) is 4.69. The lowest BCUT2D eigenvalue weighted by Crippen LogP contribution is -2.12. The number of nitrogens with zero attached hydrogens (tertiary/aromatic N) is 1. The molecule has 0 aliphatic rings. The summed E-state index contributed by atoms with van der Waals surface area (Å²) in [4.78, 5) is 19.5. The molecule has 1 heterocycles. The maximum Gasteiger partial charge on any atom is 0.258 e. The number of aryl methyl sites for hydroxylation is 1. The van der Waals surface area contributed by atoms with Gasteiger partial charge in [-0.15, -0.1) is 0 Å². The first-order valence-corrected chi connectivity index (χ1v) is 6.26. The van der Waals surface area contributed by atoms with Crippen molar-refractivity contribution in [3.63, 3.8) is 0 Å². The molecule has 3 heteroatoms. The minimum absolute atomic E-state index is 0.0698. The van der Waals surface area contributed by atoms with E-state index in [1.807, 2.05) is 49.4 Å². The number of fused-ring (bicyclic) bond motifs is 1. The van der Waals surface area contributed by atoms with Crippen molar-refractivity contribution in [2.24, 2.45) is 0 Å². The largest absolute Gasteiger partial charge is 0.310 e. The van der Waals surface area contributed by atoms with Crippen LogP contribution in [0.15, 0.2) is 53.3 Å². The zero-order valence-corrected chi connectivity index (χ0v) is 10.7. The fourth-order valence-electron chi connectivity index (χ4n) is 2.22. The molecule has 0 amide bonds. The highest BCUT2D eigenvalue weighted by Gasteiger charge is 2.06. The molecule has 0 unspecified atom stereocenters. The minimum Gasteiger partial charge on any atom is -0.310 e. The molecule has 0 atom stereocenters. The lowest BCUT2D eigenvalue weighted by molar-refractivity contribution is 0.971. The average molecular weight is 250 g/mol. The van der Waals surface area contributed by atoms with Crippen LogP contribution in [0.5, 0.6) is 0 Å². The van der Waals surface area contributed by atoms with Gasteiger partial charge in [0, 0.05) is 6.42 Å². The van der Waals surface area contributed by atoms with Crippen molar-refractivity contribution in [1.82, 2.24) is 9.97 Å². The van der Waals surface area contributed by atoms with E-state index < -0.39 is 0 Å². The van der Waals surface area contributed by atoms with E-state index in [-0.39, 0.29) is 5.56 Å². The lowest BCUT2D eigenvalue weighted by Gasteiger charge is -2.05. The fraction of sp³-hybridized carbons (Fsp3) is 0.125. The summed E-state index contributed by atoms with van der Waals surface area (Å²) in [7, 11) is 0. The monoisotopic (exact) mass is 250 g/mol. The molecule has 0 saturated carbocycles. The number of H-pyrrole nitrogens is 1. The molecular formula is C16H14N2O. The summed E-state index contributed by atoms with van der Waals surface area (Å²) in [6.45, 7) is 1.97. The molecule has 94 valence electrons. The maximum atomic E-state index is 12.0. The maximum absolute atomic E-state index is 12.0. The standard InChI is InChI=1S/C16H14N2O/c1-11-6-5-9-13-15(11)17-14(18-16(13)19)10-12-7-3-2-4-8-12/h2-9H,10H2,1H3,(H,17,18,19). The Bertz CT molecular complexity index is 776. The second-order valence-electron chi connectivity index (χ2n) is 4.65. The Morgan fingerprint density at radius 2 is 1.84 bits per heavy atom. The van der Waals surface area contributed by atoms with Gasteiger partial charge in [0.15, 0.2) is 0 Å². The van der Waals surface area contributed by atoms with E-state index >= 15 is 0 Å². The highest BCUT2D eigenvalue weighted by Crippen LogP contribution is 2.13. The van der Waals surface area contributed by atoms with Crippen LogP contribution in [0.1, 0.15) is 17.0 Å². The third kappa shape index (κ3) is 2.27. The first-order valence-electron chi connectivity index (χ1n) is 6.26. The molecule has 1 aromatic heterocycles. The number of para-hydroxylation sites is 1. The van der Waals surface area contributed by atoms with Crippen LogP contribution in [0.4, 0.5) is 0 Å². The van der Waals surface area contributed by atoms with E-state index in [0.717, 1.165) is 16.6 Å². The van der Waals surface area contributed by atoms with Gasteiger partial charge in [0.05, 0.1) is 10.9 Å². The Balaban J connectivity index is 2.11. The number of hydrogen-bond donors (Lipinski definition) is 1. The van der Waals surface area contributed by atoms with Crippen LogP contribution in [0.3, 0.4) is 0 Å². The summed E-state index contributed by atoms with van der Waals surface area (Å²) in [5.74, 6) is 0.706. The van der Waals surface area contributed by atoms with Crippen molar-refractivity contribution in [2.45, 2.75) is 13.3 Å². The Hall–Kier alpha value is -2.42. The Kier molecular flexibility index (Phi) is 2.88. The van der Waals surface area contributed by atoms with Gasteiger partial charge in [0.25, 0.3) is 5.56 Å². The Labute approximate surface area is 111 Å². The van der Waals surface area contributed by atoms with Crippen molar-refractivity contribution < 1.29 is 0 Å². The van der Waals surface area contributed by atoms with Gasteiger partial charge in [0.1, 0.15) is 5.82 Å². The number of rotatable bonds is 2. The quantitative estimate of drug-likeness (QED) is 0.760. The molecule has 0 aliphatic carbocycles. The molecule has 0 aliphatic heterocycles. The van der Waals surface area contributed by atoms with Crippen LogP contribution >= 0.6 is 0 Å². The van der Waals surface area contributed by atoms with Crippen molar-refractivity contribution in [2.75, 3.05) is 0 Å². The number of aromatic amines is 1. The summed E-state index contributed by atoms with van der Waals surface area (Å²) in [6, 6.07) is 15.7. The Morgan fingerprint density at radius 3 is 2.63 bits per heavy atom. The number of benzene rings is 2. The number of hydrogen-bond acceptors (Lipinski definition) is 2. The smallest absolute Gasteiger partial charge is 0.258 e. The lowest BCUT2D eigenvalue weighted by atomic mass is 10.1. The van der Waals surface area contributed by atoms with Gasteiger partial charge in [-0.05, 0) is 24.1 Å². The van der Waals surface area contributed by atoms with E-state index in [4.69, 9.17) is 0 Å². The predicted molar refractivity (Wildman–Crippen MR) is 76.3 cm³/mol. The zero-order valence-electron chi connectivity index (χ0n) is 10.7. The fourth-order valence-corrected chi connectivity index (χ4v) is 2.22. The van der Waals surface area contributed by atoms with Gasteiger partial charge in [-0.1, -0.05) is 42.5 Å². The highest BCUT2D eigenvalue weighted by atomic mass is 16.1. The SMILES string of the molecule is Cc1cccc2c(=O)[nH]c(Cc3ccccc3)nc12. The van der Waals surface area contributed by atoms with Gasteiger partial charge in [-0.25, -0.2) is 4.98 Å². The molecule has 0 saturated heterocycles. The zero-order chi connectivity index (χ0) is 13.2. The van der Waals surface area contributed by atoms with Crippen LogP contribution in [0.25, 0.3) is 10.9 Å². The highest BCUT2D eigenvalue weighted by molar-refractivity contribution is 5.80. The predicted octanol–water partition coefficient (Wildman–Crippen LogP) is 2.82. The topological polar surface area (TPSA) is 45.8 Å².